The summed E-state index contributed by atoms with van der Waals surface area (Å²) in [6.07, 6.45) is 2.94. The molecule has 1 atom stereocenters. The van der Waals surface area contributed by atoms with Crippen LogP contribution in [0.3, 0.4) is 0 Å². The third kappa shape index (κ3) is 6.68. The summed E-state index contributed by atoms with van der Waals surface area (Å²) in [7, 11) is 0. The van der Waals surface area contributed by atoms with Crippen molar-refractivity contribution < 1.29 is 17.9 Å². The van der Waals surface area contributed by atoms with Crippen LogP contribution in [0.1, 0.15) is 66.2 Å². The normalized spacial score (nSPS) is 29.7. The number of hydrogen-bond acceptors (Lipinski definition) is 3. The Hall–Kier alpha value is -0.330. The highest BCUT2D eigenvalue weighted by atomic mass is 19.4. The lowest BCUT2D eigenvalue weighted by molar-refractivity contribution is -0.198. The summed E-state index contributed by atoms with van der Waals surface area (Å²) in [6.45, 7) is 10.0. The van der Waals surface area contributed by atoms with Gasteiger partial charge in [-0.1, -0.05) is 0 Å². The highest BCUT2D eigenvalue weighted by Crippen LogP contribution is 2.32. The third-order valence-corrected chi connectivity index (χ3v) is 5.95. The topological polar surface area (TPSA) is 15.7 Å². The van der Waals surface area contributed by atoms with Crippen molar-refractivity contribution >= 4 is 0 Å². The summed E-state index contributed by atoms with van der Waals surface area (Å²) in [5.41, 5.74) is 0. The van der Waals surface area contributed by atoms with Crippen LogP contribution >= 0.6 is 0 Å². The lowest BCUT2D eigenvalue weighted by atomic mass is 9.84. The van der Waals surface area contributed by atoms with Gasteiger partial charge in [0.2, 0.25) is 0 Å². The summed E-state index contributed by atoms with van der Waals surface area (Å²) >= 11 is 0. The smallest absolute Gasteiger partial charge is 0.376 e. The minimum absolute atomic E-state index is 0.110. The minimum atomic E-state index is -4.14. The number of ether oxygens (including phenoxy) is 1. The third-order valence-electron chi connectivity index (χ3n) is 5.95. The first-order valence-electron chi connectivity index (χ1n) is 10.4. The molecule has 0 aromatic carbocycles. The first-order chi connectivity index (χ1) is 12.2. The van der Waals surface area contributed by atoms with Crippen molar-refractivity contribution in [2.45, 2.75) is 96.7 Å². The molecule has 0 aromatic heterocycles. The first kappa shape index (κ1) is 22.0. The molecule has 1 saturated carbocycles. The van der Waals surface area contributed by atoms with E-state index in [2.05, 4.69) is 13.8 Å². The molecule has 2 aliphatic rings. The van der Waals surface area contributed by atoms with Gasteiger partial charge in [0.25, 0.3) is 0 Å². The molecule has 1 heterocycles. The second kappa shape index (κ2) is 9.74. The molecule has 154 valence electrons. The maximum Gasteiger partial charge on any atom is 0.405 e. The van der Waals surface area contributed by atoms with Crippen molar-refractivity contribution in [1.29, 1.82) is 0 Å². The van der Waals surface area contributed by atoms with Gasteiger partial charge < -0.3 is 4.74 Å². The SMILES string of the molecule is CC(C)OC1CCC(CCCN2CCN(C(C)C)CC2C(F)(F)F)CC1. The Morgan fingerprint density at radius 1 is 1.00 bits per heavy atom. The Morgan fingerprint density at radius 2 is 1.65 bits per heavy atom. The van der Waals surface area contributed by atoms with Crippen LogP contribution < -0.4 is 0 Å². The molecule has 6 heteroatoms. The standard InChI is InChI=1S/C20H37F3N2O/c1-15(2)25-13-12-24(19(14-25)20(21,22)23)11-5-6-17-7-9-18(10-8-17)26-16(3)4/h15-19H,5-14H2,1-4H3. The van der Waals surface area contributed by atoms with Crippen LogP contribution in [0.5, 0.6) is 0 Å². The van der Waals surface area contributed by atoms with E-state index < -0.39 is 12.2 Å². The number of alkyl halides is 3. The Bertz CT molecular complexity index is 406. The van der Waals surface area contributed by atoms with Gasteiger partial charge >= 0.3 is 6.18 Å². The Labute approximate surface area is 157 Å². The van der Waals surface area contributed by atoms with E-state index in [4.69, 9.17) is 4.74 Å². The minimum Gasteiger partial charge on any atom is -0.376 e. The fourth-order valence-electron chi connectivity index (χ4n) is 4.41. The zero-order valence-electron chi connectivity index (χ0n) is 16.9. The number of halogens is 3. The van der Waals surface area contributed by atoms with Crippen LogP contribution in [0.15, 0.2) is 0 Å². The highest BCUT2D eigenvalue weighted by molar-refractivity contribution is 4.88. The largest absolute Gasteiger partial charge is 0.405 e. The van der Waals surface area contributed by atoms with Crippen LogP contribution in [-0.2, 0) is 4.74 Å². The monoisotopic (exact) mass is 378 g/mol. The lowest BCUT2D eigenvalue weighted by Gasteiger charge is -2.43. The first-order valence-corrected chi connectivity index (χ1v) is 10.4. The number of nitrogens with zero attached hydrogens (tertiary/aromatic N) is 2. The van der Waals surface area contributed by atoms with Crippen LogP contribution in [0.4, 0.5) is 13.2 Å². The predicted molar refractivity (Wildman–Crippen MR) is 99.3 cm³/mol. The summed E-state index contributed by atoms with van der Waals surface area (Å²) in [5.74, 6) is 0.656. The Kier molecular flexibility index (Phi) is 8.23. The van der Waals surface area contributed by atoms with Crippen molar-refractivity contribution in [3.05, 3.63) is 0 Å². The van der Waals surface area contributed by atoms with E-state index in [1.807, 2.05) is 18.7 Å². The van der Waals surface area contributed by atoms with Crippen LogP contribution in [-0.4, -0.2) is 66.4 Å². The molecule has 1 aliphatic carbocycles. The molecule has 0 aromatic rings. The fraction of sp³-hybridized carbons (Fsp3) is 1.00. The summed E-state index contributed by atoms with van der Waals surface area (Å²) < 4.78 is 46.3. The van der Waals surface area contributed by atoms with Crippen molar-refractivity contribution in [1.82, 2.24) is 9.80 Å². The van der Waals surface area contributed by atoms with Crippen LogP contribution in [0.25, 0.3) is 0 Å². The van der Waals surface area contributed by atoms with Gasteiger partial charge in [-0.2, -0.15) is 13.2 Å². The van der Waals surface area contributed by atoms with Crippen molar-refractivity contribution in [3.63, 3.8) is 0 Å². The van der Waals surface area contributed by atoms with Gasteiger partial charge in [0.1, 0.15) is 6.04 Å². The van der Waals surface area contributed by atoms with Crippen molar-refractivity contribution in [2.24, 2.45) is 5.92 Å². The molecule has 0 spiro atoms. The molecule has 1 saturated heterocycles. The number of piperazine rings is 1. The number of rotatable bonds is 7. The fourth-order valence-corrected chi connectivity index (χ4v) is 4.41. The number of hydrogen-bond donors (Lipinski definition) is 0. The molecule has 0 amide bonds. The van der Waals surface area contributed by atoms with E-state index in [0.29, 0.717) is 25.1 Å². The quantitative estimate of drug-likeness (QED) is 0.638. The Balaban J connectivity index is 1.74. The van der Waals surface area contributed by atoms with E-state index in [9.17, 15) is 13.2 Å². The van der Waals surface area contributed by atoms with Crippen molar-refractivity contribution in [3.8, 4) is 0 Å². The zero-order chi connectivity index (χ0) is 19.3. The van der Waals surface area contributed by atoms with Gasteiger partial charge in [-0.3, -0.25) is 9.80 Å². The highest BCUT2D eigenvalue weighted by Gasteiger charge is 2.46. The van der Waals surface area contributed by atoms with E-state index in [1.165, 1.54) is 0 Å². The van der Waals surface area contributed by atoms with Gasteiger partial charge in [0.05, 0.1) is 12.2 Å². The molecule has 2 rings (SSSR count). The second-order valence-corrected chi connectivity index (χ2v) is 8.65. The maximum atomic E-state index is 13.5. The molecule has 1 unspecified atom stereocenters. The van der Waals surface area contributed by atoms with Gasteiger partial charge in [-0.25, -0.2) is 0 Å². The van der Waals surface area contributed by atoms with E-state index in [-0.39, 0.29) is 18.7 Å². The maximum absolute atomic E-state index is 13.5. The van der Waals surface area contributed by atoms with Gasteiger partial charge in [-0.05, 0) is 78.7 Å². The Morgan fingerprint density at radius 3 is 2.19 bits per heavy atom. The molecular weight excluding hydrogens is 341 g/mol. The zero-order valence-corrected chi connectivity index (χ0v) is 16.9. The van der Waals surface area contributed by atoms with Crippen LogP contribution in [0, 0.1) is 5.92 Å². The summed E-state index contributed by atoms with van der Waals surface area (Å²) in [4.78, 5) is 3.62. The second-order valence-electron chi connectivity index (χ2n) is 8.65. The molecular formula is C20H37F3N2O. The average molecular weight is 379 g/mol. The molecule has 0 N–H and O–H groups in total. The predicted octanol–water partition coefficient (Wildman–Crippen LogP) is 4.71. The lowest BCUT2D eigenvalue weighted by Crippen LogP contribution is -2.60. The van der Waals surface area contributed by atoms with E-state index >= 15 is 0 Å². The van der Waals surface area contributed by atoms with Gasteiger partial charge in [0, 0.05) is 25.7 Å². The average Bonchev–Trinajstić information content (AvgIpc) is 2.55. The van der Waals surface area contributed by atoms with Crippen LogP contribution in [0.2, 0.25) is 0 Å². The molecule has 2 fully saturated rings. The molecule has 3 nitrogen and oxygen atoms in total. The van der Waals surface area contributed by atoms with E-state index in [1.54, 1.807) is 4.90 Å². The van der Waals surface area contributed by atoms with Gasteiger partial charge in [0.15, 0.2) is 0 Å². The molecule has 1 aliphatic heterocycles. The van der Waals surface area contributed by atoms with E-state index in [0.717, 1.165) is 45.1 Å². The molecule has 0 radical (unpaired) electrons. The summed E-state index contributed by atoms with van der Waals surface area (Å²) in [5, 5.41) is 0. The summed E-state index contributed by atoms with van der Waals surface area (Å²) in [6, 6.07) is -1.14. The van der Waals surface area contributed by atoms with Gasteiger partial charge in [-0.15, -0.1) is 0 Å². The molecule has 0 bridgehead atoms. The van der Waals surface area contributed by atoms with Crippen molar-refractivity contribution in [2.75, 3.05) is 26.2 Å². The molecule has 26 heavy (non-hydrogen) atoms.